The fourth-order valence-corrected chi connectivity index (χ4v) is 4.07. The average Bonchev–Trinajstić information content (AvgIpc) is 2.41. The highest BCUT2D eigenvalue weighted by atomic mass is 16.5. The third-order valence-corrected chi connectivity index (χ3v) is 5.10. The molecule has 2 N–H and O–H groups in total. The molecule has 0 saturated heterocycles. The van der Waals surface area contributed by atoms with Gasteiger partial charge in [0.05, 0.1) is 11.2 Å². The van der Waals surface area contributed by atoms with Crippen LogP contribution in [-0.2, 0) is 4.74 Å². The lowest BCUT2D eigenvalue weighted by Crippen LogP contribution is -2.48. The van der Waals surface area contributed by atoms with Gasteiger partial charge in [0.15, 0.2) is 0 Å². The molecule has 0 atom stereocenters. The Balaban J connectivity index is 2.07. The highest BCUT2D eigenvalue weighted by Gasteiger charge is 2.42. The fraction of sp³-hybridized carbons (Fsp3) is 1.00. The number of aliphatic hydroxyl groups is 2. The van der Waals surface area contributed by atoms with Crippen LogP contribution in [0.15, 0.2) is 0 Å². The van der Waals surface area contributed by atoms with E-state index in [0.29, 0.717) is 0 Å². The normalized spacial score (nSPS) is 26.2. The largest absolute Gasteiger partial charge is 0.396 e. The summed E-state index contributed by atoms with van der Waals surface area (Å²) >= 11 is 0. The number of hydrogen-bond donors (Lipinski definition) is 2. The van der Waals surface area contributed by atoms with Crippen molar-refractivity contribution < 1.29 is 14.9 Å². The Bertz CT molecular complexity index is 216. The Morgan fingerprint density at radius 1 is 0.632 bits per heavy atom. The van der Waals surface area contributed by atoms with Crippen molar-refractivity contribution in [2.45, 2.75) is 88.3 Å². The molecule has 0 aliphatic heterocycles. The summed E-state index contributed by atoms with van der Waals surface area (Å²) in [5, 5.41) is 18.8. The molecule has 0 radical (unpaired) electrons. The second-order valence-electron chi connectivity index (χ2n) is 6.54. The smallest absolute Gasteiger partial charge is 0.0712 e. The summed E-state index contributed by atoms with van der Waals surface area (Å²) in [4.78, 5) is 0. The van der Waals surface area contributed by atoms with Crippen LogP contribution in [0.4, 0.5) is 0 Å². The second kappa shape index (κ2) is 7.05. The molecule has 0 bridgehead atoms. The summed E-state index contributed by atoms with van der Waals surface area (Å²) in [6.45, 7) is 0.435. The van der Waals surface area contributed by atoms with Crippen LogP contribution in [-0.4, -0.2) is 34.6 Å². The molecular formula is C16H30O3. The van der Waals surface area contributed by atoms with E-state index in [2.05, 4.69) is 0 Å². The summed E-state index contributed by atoms with van der Waals surface area (Å²) in [7, 11) is 0. The van der Waals surface area contributed by atoms with E-state index in [4.69, 9.17) is 4.74 Å². The minimum atomic E-state index is -0.112. The van der Waals surface area contributed by atoms with Crippen molar-refractivity contribution in [2.75, 3.05) is 13.2 Å². The van der Waals surface area contributed by atoms with E-state index in [1.807, 2.05) is 0 Å². The van der Waals surface area contributed by atoms with Crippen molar-refractivity contribution in [1.82, 2.24) is 0 Å². The molecule has 2 rings (SSSR count). The van der Waals surface area contributed by atoms with Crippen molar-refractivity contribution in [3.05, 3.63) is 0 Å². The molecule has 3 heteroatoms. The Kier molecular flexibility index (Phi) is 5.67. The van der Waals surface area contributed by atoms with Gasteiger partial charge in [-0.25, -0.2) is 0 Å². The highest BCUT2D eigenvalue weighted by molar-refractivity contribution is 4.92. The van der Waals surface area contributed by atoms with Gasteiger partial charge in [-0.1, -0.05) is 38.5 Å². The maximum absolute atomic E-state index is 9.40. The summed E-state index contributed by atoms with van der Waals surface area (Å²) in [5.74, 6) is 0. The van der Waals surface area contributed by atoms with Gasteiger partial charge in [-0.15, -0.1) is 0 Å². The highest BCUT2D eigenvalue weighted by Crippen LogP contribution is 2.43. The molecule has 2 saturated carbocycles. The Morgan fingerprint density at radius 2 is 1.00 bits per heavy atom. The van der Waals surface area contributed by atoms with Crippen LogP contribution in [0.5, 0.6) is 0 Å². The minimum Gasteiger partial charge on any atom is -0.396 e. The van der Waals surface area contributed by atoms with Crippen LogP contribution in [0.3, 0.4) is 0 Å². The van der Waals surface area contributed by atoms with Gasteiger partial charge >= 0.3 is 0 Å². The number of hydrogen-bond acceptors (Lipinski definition) is 3. The molecule has 0 spiro atoms. The van der Waals surface area contributed by atoms with Gasteiger partial charge < -0.3 is 14.9 Å². The van der Waals surface area contributed by atoms with E-state index in [0.717, 1.165) is 38.5 Å². The maximum atomic E-state index is 9.40. The molecule has 3 nitrogen and oxygen atoms in total. The van der Waals surface area contributed by atoms with Gasteiger partial charge in [-0.05, 0) is 38.5 Å². The van der Waals surface area contributed by atoms with E-state index in [9.17, 15) is 10.2 Å². The van der Waals surface area contributed by atoms with Crippen LogP contribution < -0.4 is 0 Å². The molecule has 0 amide bonds. The summed E-state index contributed by atoms with van der Waals surface area (Å²) < 4.78 is 6.67. The standard InChI is InChI=1S/C16H30O3/c17-13-11-15(7-3-1-4-8-15)19-16(12-14-18)9-5-2-6-10-16/h17-18H,1-14H2. The quantitative estimate of drug-likeness (QED) is 0.779. The van der Waals surface area contributed by atoms with Crippen molar-refractivity contribution in [3.63, 3.8) is 0 Å². The molecule has 2 aliphatic carbocycles. The summed E-state index contributed by atoms with van der Waals surface area (Å²) in [6.07, 6.45) is 13.3. The molecule has 19 heavy (non-hydrogen) atoms. The third kappa shape index (κ3) is 3.93. The fourth-order valence-electron chi connectivity index (χ4n) is 4.07. The first-order valence-electron chi connectivity index (χ1n) is 8.16. The predicted octanol–water partition coefficient (Wildman–Crippen LogP) is 3.17. The summed E-state index contributed by atoms with van der Waals surface area (Å²) in [6, 6.07) is 0. The molecule has 0 aromatic rings. The van der Waals surface area contributed by atoms with E-state index in [-0.39, 0.29) is 24.4 Å². The van der Waals surface area contributed by atoms with Crippen molar-refractivity contribution in [3.8, 4) is 0 Å². The van der Waals surface area contributed by atoms with Crippen LogP contribution in [0.25, 0.3) is 0 Å². The lowest BCUT2D eigenvalue weighted by atomic mass is 9.78. The second-order valence-corrected chi connectivity index (χ2v) is 6.54. The molecule has 2 fully saturated rings. The summed E-state index contributed by atoms with van der Waals surface area (Å²) in [5.41, 5.74) is -0.223. The molecule has 0 aromatic carbocycles. The van der Waals surface area contributed by atoms with Crippen LogP contribution in [0.1, 0.15) is 77.0 Å². The Morgan fingerprint density at radius 3 is 1.32 bits per heavy atom. The van der Waals surface area contributed by atoms with Gasteiger partial charge in [0.2, 0.25) is 0 Å². The molecular weight excluding hydrogens is 240 g/mol. The van der Waals surface area contributed by atoms with Crippen molar-refractivity contribution >= 4 is 0 Å². The minimum absolute atomic E-state index is 0.112. The molecule has 0 aromatic heterocycles. The lowest BCUT2D eigenvalue weighted by Gasteiger charge is -2.47. The lowest BCUT2D eigenvalue weighted by molar-refractivity contribution is -0.196. The number of aliphatic hydroxyl groups excluding tert-OH is 2. The molecule has 0 unspecified atom stereocenters. The number of ether oxygens (including phenoxy) is 1. The van der Waals surface area contributed by atoms with Gasteiger partial charge in [-0.2, -0.15) is 0 Å². The molecule has 0 heterocycles. The van der Waals surface area contributed by atoms with Gasteiger partial charge in [0.25, 0.3) is 0 Å². The maximum Gasteiger partial charge on any atom is 0.0712 e. The zero-order valence-electron chi connectivity index (χ0n) is 12.2. The van der Waals surface area contributed by atoms with E-state index >= 15 is 0 Å². The topological polar surface area (TPSA) is 49.7 Å². The van der Waals surface area contributed by atoms with E-state index in [1.54, 1.807) is 0 Å². The Labute approximate surface area is 117 Å². The predicted molar refractivity (Wildman–Crippen MR) is 76.1 cm³/mol. The van der Waals surface area contributed by atoms with Gasteiger partial charge in [-0.3, -0.25) is 0 Å². The SMILES string of the molecule is OCCC1(OC2(CCO)CCCCC2)CCCCC1. The first kappa shape index (κ1) is 15.3. The Hall–Kier alpha value is -0.120. The average molecular weight is 270 g/mol. The zero-order chi connectivity index (χ0) is 13.6. The first-order chi connectivity index (χ1) is 9.24. The molecule has 2 aliphatic rings. The van der Waals surface area contributed by atoms with Gasteiger partial charge in [0, 0.05) is 13.2 Å². The monoisotopic (exact) mass is 270 g/mol. The van der Waals surface area contributed by atoms with Crippen molar-refractivity contribution in [1.29, 1.82) is 0 Å². The van der Waals surface area contributed by atoms with Crippen LogP contribution >= 0.6 is 0 Å². The third-order valence-electron chi connectivity index (χ3n) is 5.10. The first-order valence-corrected chi connectivity index (χ1v) is 8.16. The molecule has 112 valence electrons. The van der Waals surface area contributed by atoms with Crippen LogP contribution in [0.2, 0.25) is 0 Å². The van der Waals surface area contributed by atoms with Gasteiger partial charge in [0.1, 0.15) is 0 Å². The van der Waals surface area contributed by atoms with Crippen molar-refractivity contribution in [2.24, 2.45) is 0 Å². The zero-order valence-corrected chi connectivity index (χ0v) is 12.2. The number of rotatable bonds is 6. The van der Waals surface area contributed by atoms with E-state index in [1.165, 1.54) is 38.5 Å². The van der Waals surface area contributed by atoms with Crippen LogP contribution in [0, 0.1) is 0 Å². The van der Waals surface area contributed by atoms with E-state index < -0.39 is 0 Å².